The highest BCUT2D eigenvalue weighted by atomic mass is 79.9. The number of nitro groups is 1. The number of hydrogen-bond acceptors (Lipinski definition) is 5. The van der Waals surface area contributed by atoms with Gasteiger partial charge in [0.1, 0.15) is 0 Å². The second-order valence-corrected chi connectivity index (χ2v) is 7.30. The second-order valence-electron chi connectivity index (χ2n) is 4.74. The smallest absolute Gasteiger partial charge is 0.269 e. The number of nitrogens with zero attached hydrogens (tertiary/aromatic N) is 2. The van der Waals surface area contributed by atoms with E-state index in [-0.39, 0.29) is 18.1 Å². The van der Waals surface area contributed by atoms with E-state index in [1.54, 1.807) is 12.1 Å². The van der Waals surface area contributed by atoms with Gasteiger partial charge >= 0.3 is 0 Å². The summed E-state index contributed by atoms with van der Waals surface area (Å²) in [5, 5.41) is 17.4. The Kier molecular flexibility index (Phi) is 7.09. The number of rotatable bonds is 6. The predicted octanol–water partition coefficient (Wildman–Crippen LogP) is 4.44. The number of nitrogens with one attached hydrogen (secondary N) is 2. The molecule has 2 aromatic rings. The Morgan fingerprint density at radius 2 is 1.76 bits per heavy atom. The second kappa shape index (κ2) is 9.07. The lowest BCUT2D eigenvalue weighted by Gasteiger charge is -2.09. The van der Waals surface area contributed by atoms with Gasteiger partial charge < -0.3 is 5.32 Å². The molecule has 130 valence electrons. The molecule has 2 N–H and O–H groups in total. The van der Waals surface area contributed by atoms with Crippen LogP contribution in [-0.2, 0) is 4.79 Å². The molecule has 0 fully saturated rings. The Morgan fingerprint density at radius 3 is 2.40 bits per heavy atom. The molecule has 0 saturated carbocycles. The summed E-state index contributed by atoms with van der Waals surface area (Å²) in [6.07, 6.45) is 1.41. The van der Waals surface area contributed by atoms with Gasteiger partial charge in [-0.05, 0) is 77.6 Å². The SMILES string of the molecule is O=C(CNc1cc(Br)c(Br)cc1Br)N/N=C\c1ccc([N+](=O)[O-])cc1. The van der Waals surface area contributed by atoms with Crippen LogP contribution >= 0.6 is 47.8 Å². The van der Waals surface area contributed by atoms with Crippen LogP contribution < -0.4 is 10.7 Å². The fourth-order valence-corrected chi connectivity index (χ4v) is 3.21. The molecule has 0 aliphatic heterocycles. The van der Waals surface area contributed by atoms with E-state index in [0.29, 0.717) is 5.56 Å². The van der Waals surface area contributed by atoms with E-state index in [4.69, 9.17) is 0 Å². The number of non-ortho nitro benzene ring substituents is 1. The van der Waals surface area contributed by atoms with E-state index in [1.807, 2.05) is 12.1 Å². The Bertz CT molecular complexity index is 826. The first kappa shape index (κ1) is 19.5. The van der Waals surface area contributed by atoms with Crippen molar-refractivity contribution in [2.45, 2.75) is 0 Å². The van der Waals surface area contributed by atoms with Gasteiger partial charge in [-0.2, -0.15) is 5.10 Å². The van der Waals surface area contributed by atoms with Crippen LogP contribution in [0.1, 0.15) is 5.56 Å². The number of amides is 1. The van der Waals surface area contributed by atoms with E-state index in [0.717, 1.165) is 19.1 Å². The van der Waals surface area contributed by atoms with Crippen LogP contribution in [0.5, 0.6) is 0 Å². The van der Waals surface area contributed by atoms with Crippen LogP contribution in [0.3, 0.4) is 0 Å². The molecular formula is C15H11Br3N4O3. The van der Waals surface area contributed by atoms with Gasteiger partial charge in [-0.25, -0.2) is 5.43 Å². The van der Waals surface area contributed by atoms with Gasteiger partial charge in [-0.3, -0.25) is 14.9 Å². The highest BCUT2D eigenvalue weighted by molar-refractivity contribution is 9.13. The molecule has 0 atom stereocenters. The van der Waals surface area contributed by atoms with Gasteiger partial charge in [0.15, 0.2) is 0 Å². The fraction of sp³-hybridized carbons (Fsp3) is 0.0667. The molecule has 2 aromatic carbocycles. The molecule has 2 rings (SSSR count). The first-order chi connectivity index (χ1) is 11.9. The lowest BCUT2D eigenvalue weighted by atomic mass is 10.2. The molecular weight excluding hydrogens is 524 g/mol. The van der Waals surface area contributed by atoms with Gasteiger partial charge in [-0.1, -0.05) is 0 Å². The van der Waals surface area contributed by atoms with Gasteiger partial charge in [0, 0.05) is 25.6 Å². The van der Waals surface area contributed by atoms with Crippen molar-refractivity contribution in [3.8, 4) is 0 Å². The third-order valence-electron chi connectivity index (χ3n) is 2.96. The Labute approximate surface area is 168 Å². The van der Waals surface area contributed by atoms with Gasteiger partial charge in [0.25, 0.3) is 11.6 Å². The fourth-order valence-electron chi connectivity index (χ4n) is 1.73. The minimum atomic E-state index is -0.479. The van der Waals surface area contributed by atoms with E-state index in [2.05, 4.69) is 63.6 Å². The molecule has 0 aliphatic rings. The van der Waals surface area contributed by atoms with Crippen molar-refractivity contribution >= 4 is 71.3 Å². The average molecular weight is 535 g/mol. The maximum atomic E-state index is 11.8. The van der Waals surface area contributed by atoms with Crippen molar-refractivity contribution in [3.63, 3.8) is 0 Å². The molecule has 0 unspecified atom stereocenters. The van der Waals surface area contributed by atoms with Crippen LogP contribution in [0.4, 0.5) is 11.4 Å². The van der Waals surface area contributed by atoms with Crippen LogP contribution in [0.25, 0.3) is 0 Å². The number of carbonyl (C=O) groups excluding carboxylic acids is 1. The number of benzene rings is 2. The zero-order valence-electron chi connectivity index (χ0n) is 12.5. The predicted molar refractivity (Wildman–Crippen MR) is 107 cm³/mol. The van der Waals surface area contributed by atoms with Crippen molar-refractivity contribution in [1.82, 2.24) is 5.43 Å². The lowest BCUT2D eigenvalue weighted by Crippen LogP contribution is -2.26. The maximum absolute atomic E-state index is 11.8. The average Bonchev–Trinajstić information content (AvgIpc) is 2.57. The van der Waals surface area contributed by atoms with Crippen LogP contribution in [-0.4, -0.2) is 23.6 Å². The number of nitro benzene ring substituents is 1. The monoisotopic (exact) mass is 532 g/mol. The summed E-state index contributed by atoms with van der Waals surface area (Å²) in [4.78, 5) is 21.9. The molecule has 7 nitrogen and oxygen atoms in total. The maximum Gasteiger partial charge on any atom is 0.269 e. The molecule has 0 saturated heterocycles. The normalized spacial score (nSPS) is 10.7. The molecule has 0 aromatic heterocycles. The Balaban J connectivity index is 1.86. The molecule has 0 spiro atoms. The summed E-state index contributed by atoms with van der Waals surface area (Å²) in [6.45, 7) is 0.0320. The zero-order chi connectivity index (χ0) is 18.4. The number of carbonyl (C=O) groups is 1. The quantitative estimate of drug-likeness (QED) is 0.248. The highest BCUT2D eigenvalue weighted by Gasteiger charge is 2.07. The summed E-state index contributed by atoms with van der Waals surface area (Å²) >= 11 is 10.2. The number of anilines is 1. The third kappa shape index (κ3) is 5.91. The zero-order valence-corrected chi connectivity index (χ0v) is 17.3. The minimum absolute atomic E-state index is 0.00313. The van der Waals surface area contributed by atoms with Crippen molar-refractivity contribution in [1.29, 1.82) is 0 Å². The van der Waals surface area contributed by atoms with E-state index >= 15 is 0 Å². The third-order valence-corrected chi connectivity index (χ3v) is 5.46. The van der Waals surface area contributed by atoms with Crippen molar-refractivity contribution in [2.75, 3.05) is 11.9 Å². The topological polar surface area (TPSA) is 96.6 Å². The number of hydrazone groups is 1. The molecule has 0 heterocycles. The van der Waals surface area contributed by atoms with Crippen LogP contribution in [0.15, 0.2) is 54.9 Å². The van der Waals surface area contributed by atoms with E-state index < -0.39 is 4.92 Å². The summed E-state index contributed by atoms with van der Waals surface area (Å²) in [6, 6.07) is 9.52. The van der Waals surface area contributed by atoms with Crippen LogP contribution in [0, 0.1) is 10.1 Å². The van der Waals surface area contributed by atoms with Crippen molar-refractivity contribution < 1.29 is 9.72 Å². The summed E-state index contributed by atoms with van der Waals surface area (Å²) in [7, 11) is 0. The number of hydrogen-bond donors (Lipinski definition) is 2. The molecule has 1 amide bonds. The number of halogens is 3. The first-order valence-corrected chi connectivity index (χ1v) is 9.19. The van der Waals surface area contributed by atoms with Crippen molar-refractivity contribution in [2.24, 2.45) is 5.10 Å². The molecule has 0 aliphatic carbocycles. The highest BCUT2D eigenvalue weighted by Crippen LogP contribution is 2.32. The van der Waals surface area contributed by atoms with E-state index in [1.165, 1.54) is 18.3 Å². The molecule has 10 heteroatoms. The van der Waals surface area contributed by atoms with Gasteiger partial charge in [0.2, 0.25) is 0 Å². The first-order valence-electron chi connectivity index (χ1n) is 6.81. The van der Waals surface area contributed by atoms with Crippen LogP contribution in [0.2, 0.25) is 0 Å². The summed E-state index contributed by atoms with van der Waals surface area (Å²) in [5.41, 5.74) is 3.77. The Hall–Kier alpha value is -1.78. The molecule has 0 bridgehead atoms. The van der Waals surface area contributed by atoms with Crippen molar-refractivity contribution in [3.05, 3.63) is 65.5 Å². The van der Waals surface area contributed by atoms with Gasteiger partial charge in [-0.15, -0.1) is 0 Å². The summed E-state index contributed by atoms with van der Waals surface area (Å²) < 4.78 is 2.56. The molecule has 0 radical (unpaired) electrons. The Morgan fingerprint density at radius 1 is 1.12 bits per heavy atom. The minimum Gasteiger partial charge on any atom is -0.375 e. The van der Waals surface area contributed by atoms with Gasteiger partial charge in [0.05, 0.1) is 23.4 Å². The largest absolute Gasteiger partial charge is 0.375 e. The standard InChI is InChI=1S/C15H11Br3N4O3/c16-11-5-13(18)14(6-12(11)17)19-8-15(23)21-20-7-9-1-3-10(4-2-9)22(24)25/h1-7,19H,8H2,(H,21,23)/b20-7-. The molecule has 25 heavy (non-hydrogen) atoms. The lowest BCUT2D eigenvalue weighted by molar-refractivity contribution is -0.384. The summed E-state index contributed by atoms with van der Waals surface area (Å²) in [5.74, 6) is -0.330. The van der Waals surface area contributed by atoms with E-state index in [9.17, 15) is 14.9 Å².